The van der Waals surface area contributed by atoms with Gasteiger partial charge in [0.15, 0.2) is 0 Å². The number of nitrogens with zero attached hydrogens (tertiary/aromatic N) is 1. The fourth-order valence-electron chi connectivity index (χ4n) is 2.13. The first-order valence-corrected chi connectivity index (χ1v) is 6.36. The van der Waals surface area contributed by atoms with Crippen LogP contribution in [0, 0.1) is 0 Å². The van der Waals surface area contributed by atoms with Crippen LogP contribution >= 0.6 is 11.3 Å². The van der Waals surface area contributed by atoms with E-state index in [1.807, 2.05) is 13.0 Å². The maximum Gasteiger partial charge on any atom is 0.234 e. The average molecular weight is 239 g/mol. The minimum Gasteiger partial charge on any atom is -0.354 e. The number of hydrogen-bond donors (Lipinski definition) is 2. The Morgan fingerprint density at radius 1 is 1.62 bits per heavy atom. The van der Waals surface area contributed by atoms with Crippen LogP contribution in [-0.2, 0) is 4.79 Å². The quantitative estimate of drug-likeness (QED) is 0.810. The molecule has 1 aliphatic rings. The molecule has 3 N–H and O–H groups in total. The topological polar surface area (TPSA) is 58.4 Å². The normalized spacial score (nSPS) is 21.5. The summed E-state index contributed by atoms with van der Waals surface area (Å²) in [6.45, 7) is 4.03. The molecule has 1 saturated heterocycles. The van der Waals surface area contributed by atoms with Gasteiger partial charge in [-0.15, -0.1) is 11.3 Å². The first-order valence-electron chi connectivity index (χ1n) is 5.48. The third-order valence-electron chi connectivity index (χ3n) is 2.79. The Labute approximate surface area is 99.4 Å². The van der Waals surface area contributed by atoms with Crippen molar-refractivity contribution >= 4 is 17.2 Å². The van der Waals surface area contributed by atoms with Crippen molar-refractivity contribution in [2.75, 3.05) is 19.6 Å². The van der Waals surface area contributed by atoms with Gasteiger partial charge in [-0.25, -0.2) is 0 Å². The van der Waals surface area contributed by atoms with E-state index in [9.17, 15) is 4.79 Å². The van der Waals surface area contributed by atoms with E-state index >= 15 is 0 Å². The molecule has 0 aliphatic carbocycles. The van der Waals surface area contributed by atoms with Crippen LogP contribution in [0.25, 0.3) is 0 Å². The van der Waals surface area contributed by atoms with Gasteiger partial charge in [0.1, 0.15) is 0 Å². The van der Waals surface area contributed by atoms with E-state index < -0.39 is 0 Å². The number of thiophene rings is 1. The van der Waals surface area contributed by atoms with E-state index in [4.69, 9.17) is 5.73 Å². The van der Waals surface area contributed by atoms with Crippen molar-refractivity contribution in [3.8, 4) is 0 Å². The van der Waals surface area contributed by atoms with Crippen molar-refractivity contribution in [2.45, 2.75) is 19.0 Å². The summed E-state index contributed by atoms with van der Waals surface area (Å²) in [4.78, 5) is 14.8. The van der Waals surface area contributed by atoms with Crippen molar-refractivity contribution in [3.05, 3.63) is 22.4 Å². The Hall–Kier alpha value is -0.910. The Balaban J connectivity index is 2.16. The highest BCUT2D eigenvalue weighted by molar-refractivity contribution is 7.10. The second-order valence-electron chi connectivity index (χ2n) is 4.14. The summed E-state index contributed by atoms with van der Waals surface area (Å²) < 4.78 is 0. The van der Waals surface area contributed by atoms with Gasteiger partial charge in [-0.05, 0) is 18.4 Å². The summed E-state index contributed by atoms with van der Waals surface area (Å²) >= 11 is 1.70. The number of hydrogen-bond acceptors (Lipinski definition) is 4. The van der Waals surface area contributed by atoms with Crippen LogP contribution in [0.5, 0.6) is 0 Å². The smallest absolute Gasteiger partial charge is 0.234 e. The lowest BCUT2D eigenvalue weighted by atomic mass is 10.1. The summed E-state index contributed by atoms with van der Waals surface area (Å²) in [5.74, 6) is 0.0912. The van der Waals surface area contributed by atoms with Crippen LogP contribution in [0.15, 0.2) is 17.5 Å². The Morgan fingerprint density at radius 3 is 3.00 bits per heavy atom. The summed E-state index contributed by atoms with van der Waals surface area (Å²) in [7, 11) is 0. The largest absolute Gasteiger partial charge is 0.354 e. The Kier molecular flexibility index (Phi) is 3.58. The molecule has 0 radical (unpaired) electrons. The van der Waals surface area contributed by atoms with E-state index in [0.717, 1.165) is 6.54 Å². The minimum absolute atomic E-state index is 0.0320. The van der Waals surface area contributed by atoms with Crippen LogP contribution in [0.1, 0.15) is 17.8 Å². The fourth-order valence-corrected chi connectivity index (χ4v) is 3.10. The van der Waals surface area contributed by atoms with Gasteiger partial charge in [-0.2, -0.15) is 0 Å². The molecule has 0 saturated carbocycles. The molecular formula is C11H17N3OS. The van der Waals surface area contributed by atoms with Crippen molar-refractivity contribution in [1.29, 1.82) is 0 Å². The monoisotopic (exact) mass is 239 g/mol. The van der Waals surface area contributed by atoms with E-state index in [1.165, 1.54) is 4.88 Å². The molecule has 1 amide bonds. The third-order valence-corrected chi connectivity index (χ3v) is 3.74. The molecule has 1 fully saturated rings. The van der Waals surface area contributed by atoms with E-state index in [-0.39, 0.29) is 18.0 Å². The molecule has 0 spiro atoms. The maximum absolute atomic E-state index is 11.4. The molecule has 88 valence electrons. The van der Waals surface area contributed by atoms with Gasteiger partial charge >= 0.3 is 0 Å². The van der Waals surface area contributed by atoms with Crippen LogP contribution < -0.4 is 11.1 Å². The average Bonchev–Trinajstić information content (AvgIpc) is 2.71. The zero-order valence-electron chi connectivity index (χ0n) is 9.35. The summed E-state index contributed by atoms with van der Waals surface area (Å²) in [5.41, 5.74) is 6.04. The predicted octanol–water partition coefficient (Wildman–Crippen LogP) is 0.568. The SMILES string of the molecule is CC(N)C(c1cccs1)N1CCNC(=O)C1. The summed E-state index contributed by atoms with van der Waals surface area (Å²) in [6, 6.07) is 4.31. The number of carbonyl (C=O) groups excluding carboxylic acids is 1. The fraction of sp³-hybridized carbons (Fsp3) is 0.545. The summed E-state index contributed by atoms with van der Waals surface area (Å²) in [5, 5.41) is 4.88. The molecule has 0 aromatic carbocycles. The van der Waals surface area contributed by atoms with Crippen LogP contribution in [0.4, 0.5) is 0 Å². The van der Waals surface area contributed by atoms with Gasteiger partial charge in [0, 0.05) is 24.0 Å². The van der Waals surface area contributed by atoms with Gasteiger partial charge in [-0.3, -0.25) is 9.69 Å². The van der Waals surface area contributed by atoms with E-state index in [0.29, 0.717) is 13.1 Å². The first-order chi connectivity index (χ1) is 7.68. The molecule has 1 aromatic heterocycles. The van der Waals surface area contributed by atoms with Crippen LogP contribution in [0.3, 0.4) is 0 Å². The number of piperazine rings is 1. The molecule has 2 atom stereocenters. The lowest BCUT2D eigenvalue weighted by molar-refractivity contribution is -0.125. The number of nitrogens with two attached hydrogens (primary N) is 1. The third kappa shape index (κ3) is 2.42. The van der Waals surface area contributed by atoms with E-state index in [2.05, 4.69) is 21.7 Å². The van der Waals surface area contributed by atoms with Gasteiger partial charge < -0.3 is 11.1 Å². The van der Waals surface area contributed by atoms with Crippen molar-refractivity contribution in [3.63, 3.8) is 0 Å². The number of amides is 1. The molecule has 16 heavy (non-hydrogen) atoms. The molecule has 5 heteroatoms. The van der Waals surface area contributed by atoms with Gasteiger partial charge in [-0.1, -0.05) is 6.07 Å². The lowest BCUT2D eigenvalue weighted by Gasteiger charge is -2.35. The van der Waals surface area contributed by atoms with Crippen LogP contribution in [-0.4, -0.2) is 36.5 Å². The number of carbonyl (C=O) groups is 1. The van der Waals surface area contributed by atoms with Crippen molar-refractivity contribution < 1.29 is 4.79 Å². The number of rotatable bonds is 3. The second kappa shape index (κ2) is 4.95. The van der Waals surface area contributed by atoms with Crippen molar-refractivity contribution in [2.24, 2.45) is 5.73 Å². The molecule has 1 aromatic rings. The molecule has 1 aliphatic heterocycles. The molecule has 0 bridgehead atoms. The lowest BCUT2D eigenvalue weighted by Crippen LogP contribution is -2.51. The second-order valence-corrected chi connectivity index (χ2v) is 5.12. The molecule has 2 unspecified atom stereocenters. The highest BCUT2D eigenvalue weighted by Gasteiger charge is 2.28. The highest BCUT2D eigenvalue weighted by Crippen LogP contribution is 2.27. The van der Waals surface area contributed by atoms with Gasteiger partial charge in [0.25, 0.3) is 0 Å². The predicted molar refractivity (Wildman–Crippen MR) is 65.3 cm³/mol. The van der Waals surface area contributed by atoms with Crippen molar-refractivity contribution in [1.82, 2.24) is 10.2 Å². The van der Waals surface area contributed by atoms with Gasteiger partial charge in [0.05, 0.1) is 12.6 Å². The minimum atomic E-state index is 0.0320. The number of nitrogens with one attached hydrogen (secondary N) is 1. The Bertz CT molecular complexity index is 350. The highest BCUT2D eigenvalue weighted by atomic mass is 32.1. The Morgan fingerprint density at radius 2 is 2.44 bits per heavy atom. The molecular weight excluding hydrogens is 222 g/mol. The van der Waals surface area contributed by atoms with E-state index in [1.54, 1.807) is 11.3 Å². The summed E-state index contributed by atoms with van der Waals surface area (Å²) in [6.07, 6.45) is 0. The maximum atomic E-state index is 11.4. The standard InChI is InChI=1S/C11H17N3OS/c1-8(12)11(9-3-2-6-16-9)14-5-4-13-10(15)7-14/h2-3,6,8,11H,4-5,7,12H2,1H3,(H,13,15). The molecule has 2 rings (SSSR count). The van der Waals surface area contributed by atoms with Gasteiger partial charge in [0.2, 0.25) is 5.91 Å². The molecule has 4 nitrogen and oxygen atoms in total. The first kappa shape index (κ1) is 11.6. The molecule has 2 heterocycles. The zero-order chi connectivity index (χ0) is 11.5. The zero-order valence-corrected chi connectivity index (χ0v) is 10.2. The van der Waals surface area contributed by atoms with Crippen LogP contribution in [0.2, 0.25) is 0 Å².